The normalized spacial score (nSPS) is 11.1. The molecule has 0 amide bonds. The molecule has 23 heavy (non-hydrogen) atoms. The highest BCUT2D eigenvalue weighted by Gasteiger charge is 2.14. The Labute approximate surface area is 136 Å². The number of para-hydroxylation sites is 1. The zero-order valence-corrected chi connectivity index (χ0v) is 13.7. The van der Waals surface area contributed by atoms with Gasteiger partial charge in [-0.2, -0.15) is 9.97 Å². The van der Waals surface area contributed by atoms with Gasteiger partial charge >= 0.3 is 0 Å². The number of benzene rings is 1. The molecule has 2 heterocycles. The van der Waals surface area contributed by atoms with E-state index in [1.165, 1.54) is 0 Å². The van der Waals surface area contributed by atoms with Crippen molar-refractivity contribution < 1.29 is 0 Å². The number of hydrogen-bond acceptors (Lipinski definition) is 5. The number of anilines is 3. The number of imidazole rings is 1. The molecule has 6 heteroatoms. The van der Waals surface area contributed by atoms with Crippen LogP contribution in [0.25, 0.3) is 11.2 Å². The van der Waals surface area contributed by atoms with Crippen molar-refractivity contribution in [3.05, 3.63) is 36.7 Å². The Morgan fingerprint density at radius 1 is 1.13 bits per heavy atom. The summed E-state index contributed by atoms with van der Waals surface area (Å²) in [6.07, 6.45) is 2.85. The van der Waals surface area contributed by atoms with E-state index in [9.17, 15) is 0 Å². The van der Waals surface area contributed by atoms with Gasteiger partial charge in [-0.1, -0.05) is 25.1 Å². The van der Waals surface area contributed by atoms with E-state index in [2.05, 4.69) is 50.9 Å². The van der Waals surface area contributed by atoms with Crippen molar-refractivity contribution in [3.8, 4) is 0 Å². The van der Waals surface area contributed by atoms with E-state index in [0.717, 1.165) is 35.6 Å². The third-order valence-corrected chi connectivity index (χ3v) is 3.55. The number of nitrogens with zero attached hydrogens (tertiary/aromatic N) is 4. The molecule has 0 saturated heterocycles. The second-order valence-corrected chi connectivity index (χ2v) is 5.73. The quantitative estimate of drug-likeness (QED) is 0.721. The van der Waals surface area contributed by atoms with Crippen LogP contribution >= 0.6 is 0 Å². The minimum Gasteiger partial charge on any atom is -0.368 e. The van der Waals surface area contributed by atoms with Crippen molar-refractivity contribution in [1.29, 1.82) is 0 Å². The van der Waals surface area contributed by atoms with E-state index < -0.39 is 0 Å². The third kappa shape index (κ3) is 3.26. The molecular weight excluding hydrogens is 288 g/mol. The molecule has 0 unspecified atom stereocenters. The summed E-state index contributed by atoms with van der Waals surface area (Å²) < 4.78 is 2.06. The fraction of sp³-hybridized carbons (Fsp3) is 0.353. The summed E-state index contributed by atoms with van der Waals surface area (Å²) in [6.45, 7) is 7.21. The first kappa shape index (κ1) is 15.3. The number of rotatable bonds is 6. The van der Waals surface area contributed by atoms with Crippen molar-refractivity contribution in [3.63, 3.8) is 0 Å². The molecule has 2 aromatic heterocycles. The van der Waals surface area contributed by atoms with Gasteiger partial charge in [0.15, 0.2) is 17.0 Å². The molecule has 6 nitrogen and oxygen atoms in total. The lowest BCUT2D eigenvalue weighted by Gasteiger charge is -2.11. The average Bonchev–Trinajstić information content (AvgIpc) is 2.98. The molecule has 3 rings (SSSR count). The van der Waals surface area contributed by atoms with Gasteiger partial charge in [-0.25, -0.2) is 4.98 Å². The Balaban J connectivity index is 2.05. The second-order valence-electron chi connectivity index (χ2n) is 5.73. The van der Waals surface area contributed by atoms with Crippen LogP contribution in [0.3, 0.4) is 0 Å². The van der Waals surface area contributed by atoms with Gasteiger partial charge in [0.1, 0.15) is 0 Å². The van der Waals surface area contributed by atoms with Gasteiger partial charge in [0.05, 0.1) is 6.33 Å². The van der Waals surface area contributed by atoms with E-state index in [0.29, 0.717) is 12.0 Å². The maximum atomic E-state index is 4.66. The van der Waals surface area contributed by atoms with Crippen LogP contribution in [0.1, 0.15) is 33.2 Å². The monoisotopic (exact) mass is 310 g/mol. The molecule has 0 aliphatic carbocycles. The van der Waals surface area contributed by atoms with Crippen LogP contribution in [0.2, 0.25) is 0 Å². The van der Waals surface area contributed by atoms with Crippen molar-refractivity contribution in [2.75, 3.05) is 17.2 Å². The smallest absolute Gasteiger partial charge is 0.231 e. The first-order valence-corrected chi connectivity index (χ1v) is 7.99. The highest BCUT2D eigenvalue weighted by molar-refractivity contribution is 5.84. The average molecular weight is 310 g/mol. The topological polar surface area (TPSA) is 67.7 Å². The van der Waals surface area contributed by atoms with Crippen LogP contribution in [-0.4, -0.2) is 26.1 Å². The maximum absolute atomic E-state index is 4.66. The number of fused-ring (bicyclic) bond motifs is 1. The molecule has 120 valence electrons. The highest BCUT2D eigenvalue weighted by Crippen LogP contribution is 2.24. The van der Waals surface area contributed by atoms with Crippen molar-refractivity contribution in [2.45, 2.75) is 33.2 Å². The number of nitrogens with one attached hydrogen (secondary N) is 2. The second kappa shape index (κ2) is 6.64. The van der Waals surface area contributed by atoms with Crippen molar-refractivity contribution >= 4 is 28.6 Å². The summed E-state index contributed by atoms with van der Waals surface area (Å²) in [4.78, 5) is 13.7. The summed E-state index contributed by atoms with van der Waals surface area (Å²) >= 11 is 0. The molecule has 0 aliphatic rings. The van der Waals surface area contributed by atoms with Crippen LogP contribution in [0.5, 0.6) is 0 Å². The maximum Gasteiger partial charge on any atom is 0.231 e. The molecule has 0 bridgehead atoms. The van der Waals surface area contributed by atoms with Crippen LogP contribution in [-0.2, 0) is 0 Å². The Kier molecular flexibility index (Phi) is 4.41. The van der Waals surface area contributed by atoms with Crippen molar-refractivity contribution in [2.24, 2.45) is 0 Å². The first-order chi connectivity index (χ1) is 11.2. The predicted octanol–water partition coefficient (Wildman–Crippen LogP) is 3.97. The zero-order valence-electron chi connectivity index (χ0n) is 13.7. The molecule has 0 atom stereocenters. The van der Waals surface area contributed by atoms with Gasteiger partial charge in [0, 0.05) is 18.3 Å². The number of hydrogen-bond donors (Lipinski definition) is 2. The van der Waals surface area contributed by atoms with Crippen LogP contribution in [0.4, 0.5) is 17.5 Å². The molecule has 0 saturated carbocycles. The standard InChI is InChI=1S/C17H22N6/c1-4-10-18-15-14-16(23(11-19-14)12(2)3)22-17(21-15)20-13-8-6-5-7-9-13/h5-9,11-12H,4,10H2,1-3H3,(H2,18,20,21,22). The summed E-state index contributed by atoms with van der Waals surface area (Å²) in [5, 5.41) is 6.61. The molecule has 0 spiro atoms. The summed E-state index contributed by atoms with van der Waals surface area (Å²) in [7, 11) is 0. The summed E-state index contributed by atoms with van der Waals surface area (Å²) in [5.41, 5.74) is 2.61. The van der Waals surface area contributed by atoms with Crippen LogP contribution in [0, 0.1) is 0 Å². The SMILES string of the molecule is CCCNc1nc(Nc2ccccc2)nc2c1ncn2C(C)C. The fourth-order valence-corrected chi connectivity index (χ4v) is 2.37. The van der Waals surface area contributed by atoms with Gasteiger partial charge in [-0.15, -0.1) is 0 Å². The van der Waals surface area contributed by atoms with E-state index >= 15 is 0 Å². The molecule has 0 aliphatic heterocycles. The largest absolute Gasteiger partial charge is 0.368 e. The Hall–Kier alpha value is -2.63. The van der Waals surface area contributed by atoms with E-state index in [1.54, 1.807) is 0 Å². The van der Waals surface area contributed by atoms with Crippen LogP contribution < -0.4 is 10.6 Å². The summed E-state index contributed by atoms with van der Waals surface area (Å²) in [6, 6.07) is 10.2. The Bertz CT molecular complexity index is 778. The number of aromatic nitrogens is 4. The molecule has 0 fully saturated rings. The lowest BCUT2D eigenvalue weighted by molar-refractivity contribution is 0.613. The molecule has 3 aromatic rings. The minimum atomic E-state index is 0.290. The van der Waals surface area contributed by atoms with Gasteiger partial charge in [-0.3, -0.25) is 0 Å². The fourth-order valence-electron chi connectivity index (χ4n) is 2.37. The molecule has 0 radical (unpaired) electrons. The molecule has 1 aromatic carbocycles. The Morgan fingerprint density at radius 2 is 1.91 bits per heavy atom. The molecular formula is C17H22N6. The zero-order chi connectivity index (χ0) is 16.2. The summed E-state index contributed by atoms with van der Waals surface area (Å²) in [5.74, 6) is 1.35. The third-order valence-electron chi connectivity index (χ3n) is 3.55. The predicted molar refractivity (Wildman–Crippen MR) is 94.2 cm³/mol. The van der Waals surface area contributed by atoms with Crippen molar-refractivity contribution in [1.82, 2.24) is 19.5 Å². The lowest BCUT2D eigenvalue weighted by atomic mass is 10.3. The Morgan fingerprint density at radius 3 is 2.61 bits per heavy atom. The van der Waals surface area contributed by atoms with Gasteiger partial charge < -0.3 is 15.2 Å². The lowest BCUT2D eigenvalue weighted by Crippen LogP contribution is -2.08. The van der Waals surface area contributed by atoms with Gasteiger partial charge in [0.25, 0.3) is 0 Å². The van der Waals surface area contributed by atoms with E-state index in [1.807, 2.05) is 36.7 Å². The van der Waals surface area contributed by atoms with Gasteiger partial charge in [-0.05, 0) is 32.4 Å². The highest BCUT2D eigenvalue weighted by atomic mass is 15.2. The minimum absolute atomic E-state index is 0.290. The van der Waals surface area contributed by atoms with E-state index in [4.69, 9.17) is 0 Å². The first-order valence-electron chi connectivity index (χ1n) is 7.99. The molecule has 2 N–H and O–H groups in total. The van der Waals surface area contributed by atoms with Crippen LogP contribution in [0.15, 0.2) is 36.7 Å². The van der Waals surface area contributed by atoms with E-state index in [-0.39, 0.29) is 0 Å². The van der Waals surface area contributed by atoms with Gasteiger partial charge in [0.2, 0.25) is 5.95 Å².